The zero-order valence-corrected chi connectivity index (χ0v) is 9.67. The molecule has 84 valence electrons. The number of aromatic nitrogens is 1. The zero-order valence-electron chi connectivity index (χ0n) is 9.67. The monoisotopic (exact) mass is 230 g/mol. The molecular formula is C16H10N2. The maximum absolute atomic E-state index is 9.39. The molecule has 18 heavy (non-hydrogen) atoms. The highest BCUT2D eigenvalue weighted by Crippen LogP contribution is 2.27. The molecule has 0 radical (unpaired) electrons. The summed E-state index contributed by atoms with van der Waals surface area (Å²) in [5.74, 6) is 0. The van der Waals surface area contributed by atoms with E-state index in [9.17, 15) is 5.26 Å². The molecule has 2 nitrogen and oxygen atoms in total. The van der Waals surface area contributed by atoms with Crippen LogP contribution in [0.15, 0.2) is 60.8 Å². The van der Waals surface area contributed by atoms with E-state index in [0.29, 0.717) is 5.56 Å². The van der Waals surface area contributed by atoms with Crippen molar-refractivity contribution < 1.29 is 0 Å². The normalized spacial score (nSPS) is 10.2. The second kappa shape index (κ2) is 4.31. The van der Waals surface area contributed by atoms with Gasteiger partial charge < -0.3 is 0 Å². The van der Waals surface area contributed by atoms with Crippen molar-refractivity contribution in [1.29, 1.82) is 5.26 Å². The quantitative estimate of drug-likeness (QED) is 0.638. The number of hydrogen-bond acceptors (Lipinski definition) is 2. The fourth-order valence-electron chi connectivity index (χ4n) is 2.09. The van der Waals surface area contributed by atoms with Gasteiger partial charge in [-0.15, -0.1) is 0 Å². The van der Waals surface area contributed by atoms with Gasteiger partial charge in [0.25, 0.3) is 0 Å². The lowest BCUT2D eigenvalue weighted by Crippen LogP contribution is -1.90. The number of hydrogen-bond donors (Lipinski definition) is 0. The van der Waals surface area contributed by atoms with Gasteiger partial charge in [0.05, 0.1) is 11.3 Å². The molecule has 2 aromatic carbocycles. The Hall–Kier alpha value is -2.66. The number of rotatable bonds is 1. The van der Waals surface area contributed by atoms with Gasteiger partial charge in [0.1, 0.15) is 6.07 Å². The highest BCUT2D eigenvalue weighted by atomic mass is 14.7. The Bertz CT molecular complexity index is 740. The molecule has 1 heterocycles. The van der Waals surface area contributed by atoms with Crippen LogP contribution in [0.3, 0.4) is 0 Å². The molecule has 0 fully saturated rings. The van der Waals surface area contributed by atoms with Crippen LogP contribution >= 0.6 is 0 Å². The van der Waals surface area contributed by atoms with Gasteiger partial charge in [-0.2, -0.15) is 5.26 Å². The first-order chi connectivity index (χ1) is 8.90. The third-order valence-corrected chi connectivity index (χ3v) is 2.96. The molecule has 0 saturated heterocycles. The van der Waals surface area contributed by atoms with Gasteiger partial charge in [-0.25, -0.2) is 0 Å². The van der Waals surface area contributed by atoms with Gasteiger partial charge in [0, 0.05) is 22.5 Å². The van der Waals surface area contributed by atoms with Crippen LogP contribution in [0.4, 0.5) is 0 Å². The predicted octanol–water partition coefficient (Wildman–Crippen LogP) is 3.77. The van der Waals surface area contributed by atoms with Crippen molar-refractivity contribution >= 4 is 10.8 Å². The molecular weight excluding hydrogens is 220 g/mol. The largest absolute Gasteiger partial charge is 0.254 e. The maximum Gasteiger partial charge on any atom is 0.102 e. The molecule has 0 bridgehead atoms. The lowest BCUT2D eigenvalue weighted by atomic mass is 10.0. The van der Waals surface area contributed by atoms with E-state index in [4.69, 9.17) is 0 Å². The van der Waals surface area contributed by atoms with Gasteiger partial charge in [0.2, 0.25) is 0 Å². The van der Waals surface area contributed by atoms with E-state index in [-0.39, 0.29) is 0 Å². The van der Waals surface area contributed by atoms with Crippen LogP contribution in [0.5, 0.6) is 0 Å². The first-order valence-electron chi connectivity index (χ1n) is 5.73. The Labute approximate surface area is 105 Å². The van der Waals surface area contributed by atoms with Crippen LogP contribution in [0, 0.1) is 11.3 Å². The number of benzene rings is 2. The van der Waals surface area contributed by atoms with Gasteiger partial charge in [-0.3, -0.25) is 4.98 Å². The van der Waals surface area contributed by atoms with Crippen LogP contribution in [-0.2, 0) is 0 Å². The fraction of sp³-hybridized carbons (Fsp3) is 0. The lowest BCUT2D eigenvalue weighted by Gasteiger charge is -2.06. The second-order valence-corrected chi connectivity index (χ2v) is 4.05. The van der Waals surface area contributed by atoms with E-state index in [2.05, 4.69) is 11.1 Å². The molecule has 0 aliphatic carbocycles. The van der Waals surface area contributed by atoms with Crippen molar-refractivity contribution in [3.8, 4) is 17.3 Å². The van der Waals surface area contributed by atoms with Crippen molar-refractivity contribution in [1.82, 2.24) is 4.98 Å². The van der Waals surface area contributed by atoms with Crippen molar-refractivity contribution in [3.05, 3.63) is 66.4 Å². The third-order valence-electron chi connectivity index (χ3n) is 2.96. The molecule has 0 N–H and O–H groups in total. The van der Waals surface area contributed by atoms with Gasteiger partial charge in [0.15, 0.2) is 0 Å². The minimum atomic E-state index is 0.638. The minimum absolute atomic E-state index is 0.638. The van der Waals surface area contributed by atoms with Gasteiger partial charge in [-0.1, -0.05) is 54.6 Å². The highest BCUT2D eigenvalue weighted by molar-refractivity contribution is 5.92. The molecule has 0 amide bonds. The molecule has 3 rings (SSSR count). The molecule has 2 heteroatoms. The Morgan fingerprint density at radius 3 is 2.39 bits per heavy atom. The van der Waals surface area contributed by atoms with Crippen LogP contribution in [-0.4, -0.2) is 4.98 Å². The van der Waals surface area contributed by atoms with Gasteiger partial charge in [-0.05, 0) is 0 Å². The molecule has 3 aromatic rings. The SMILES string of the molecule is N#Cc1c(-c2ccccc2)ncc2ccccc12. The molecule has 1 aromatic heterocycles. The standard InChI is InChI=1S/C16H10N2/c17-10-15-14-9-5-4-8-13(14)11-18-16(15)12-6-2-1-3-7-12/h1-9,11H. The van der Waals surface area contributed by atoms with E-state index >= 15 is 0 Å². The predicted molar refractivity (Wildman–Crippen MR) is 71.9 cm³/mol. The topological polar surface area (TPSA) is 36.7 Å². The molecule has 0 atom stereocenters. The van der Waals surface area contributed by atoms with Crippen LogP contribution < -0.4 is 0 Å². The van der Waals surface area contributed by atoms with Crippen molar-refractivity contribution in [2.24, 2.45) is 0 Å². The Morgan fingerprint density at radius 1 is 0.889 bits per heavy atom. The lowest BCUT2D eigenvalue weighted by molar-refractivity contribution is 1.33. The first-order valence-corrected chi connectivity index (χ1v) is 5.73. The number of fused-ring (bicyclic) bond motifs is 1. The van der Waals surface area contributed by atoms with Crippen LogP contribution in [0.2, 0.25) is 0 Å². The summed E-state index contributed by atoms with van der Waals surface area (Å²) in [6.07, 6.45) is 1.82. The molecule has 0 aliphatic rings. The average molecular weight is 230 g/mol. The smallest absolute Gasteiger partial charge is 0.102 e. The number of nitrogens with zero attached hydrogens (tertiary/aromatic N) is 2. The fourth-order valence-corrected chi connectivity index (χ4v) is 2.09. The Kier molecular flexibility index (Phi) is 2.51. The molecule has 0 spiro atoms. The van der Waals surface area contributed by atoms with Crippen molar-refractivity contribution in [2.75, 3.05) is 0 Å². The van der Waals surface area contributed by atoms with E-state index in [1.807, 2.05) is 60.8 Å². The summed E-state index contributed by atoms with van der Waals surface area (Å²) in [6, 6.07) is 19.9. The summed E-state index contributed by atoms with van der Waals surface area (Å²) in [7, 11) is 0. The van der Waals surface area contributed by atoms with E-state index in [0.717, 1.165) is 22.0 Å². The summed E-state index contributed by atoms with van der Waals surface area (Å²) in [5, 5.41) is 11.3. The minimum Gasteiger partial charge on any atom is -0.254 e. The van der Waals surface area contributed by atoms with Crippen LogP contribution in [0.25, 0.3) is 22.0 Å². The third kappa shape index (κ3) is 1.63. The van der Waals surface area contributed by atoms with E-state index < -0.39 is 0 Å². The van der Waals surface area contributed by atoms with Crippen LogP contribution in [0.1, 0.15) is 5.56 Å². The van der Waals surface area contributed by atoms with Crippen molar-refractivity contribution in [2.45, 2.75) is 0 Å². The first kappa shape index (κ1) is 10.5. The number of pyridine rings is 1. The summed E-state index contributed by atoms with van der Waals surface area (Å²) >= 11 is 0. The molecule has 0 unspecified atom stereocenters. The Balaban J connectivity index is 2.35. The van der Waals surface area contributed by atoms with E-state index in [1.54, 1.807) is 0 Å². The Morgan fingerprint density at radius 2 is 1.61 bits per heavy atom. The number of nitriles is 1. The summed E-state index contributed by atoms with van der Waals surface area (Å²) in [5.41, 5.74) is 2.36. The summed E-state index contributed by atoms with van der Waals surface area (Å²) < 4.78 is 0. The van der Waals surface area contributed by atoms with E-state index in [1.165, 1.54) is 0 Å². The van der Waals surface area contributed by atoms with Crippen molar-refractivity contribution in [3.63, 3.8) is 0 Å². The second-order valence-electron chi connectivity index (χ2n) is 4.05. The summed E-state index contributed by atoms with van der Waals surface area (Å²) in [6.45, 7) is 0. The zero-order chi connectivity index (χ0) is 12.4. The maximum atomic E-state index is 9.39. The molecule has 0 saturated carbocycles. The highest BCUT2D eigenvalue weighted by Gasteiger charge is 2.09. The van der Waals surface area contributed by atoms with Gasteiger partial charge >= 0.3 is 0 Å². The molecule has 0 aliphatic heterocycles. The summed E-state index contributed by atoms with van der Waals surface area (Å²) in [4.78, 5) is 4.43. The average Bonchev–Trinajstić information content (AvgIpc) is 2.47.